The number of nitriles is 1. The highest BCUT2D eigenvalue weighted by Crippen LogP contribution is 2.12. The Labute approximate surface area is 112 Å². The molecule has 0 fully saturated rings. The molecule has 0 aromatic heterocycles. The van der Waals surface area contributed by atoms with Gasteiger partial charge in [0, 0.05) is 6.42 Å². The average Bonchev–Trinajstić information content (AvgIpc) is 2.28. The van der Waals surface area contributed by atoms with Crippen molar-refractivity contribution in [3.63, 3.8) is 0 Å². The third-order valence-electron chi connectivity index (χ3n) is 2.22. The van der Waals surface area contributed by atoms with E-state index in [4.69, 9.17) is 15.1 Å². The van der Waals surface area contributed by atoms with Gasteiger partial charge in [-0.2, -0.15) is 5.26 Å². The molecule has 1 amide bonds. The molecule has 0 heterocycles. The number of nitrogens with one attached hydrogen (secondary N) is 1. The van der Waals surface area contributed by atoms with Crippen molar-refractivity contribution in [1.82, 2.24) is 5.32 Å². The van der Waals surface area contributed by atoms with Crippen LogP contribution in [0.2, 0.25) is 0 Å². The maximum atomic E-state index is 11.5. The fraction of sp³-hybridized carbons (Fsp3) is 0.429. The molecule has 0 spiro atoms. The Bertz CT molecular complexity index is 469. The Hall–Kier alpha value is -2.22. The zero-order chi connectivity index (χ0) is 14.5. The van der Waals surface area contributed by atoms with Crippen molar-refractivity contribution in [3.8, 4) is 11.8 Å². The zero-order valence-corrected chi connectivity index (χ0v) is 11.3. The number of ether oxygens (including phenoxy) is 1. The van der Waals surface area contributed by atoms with E-state index < -0.39 is 17.7 Å². The van der Waals surface area contributed by atoms with Crippen LogP contribution in [-0.2, 0) is 11.2 Å². The molecular weight excluding hydrogens is 244 g/mol. The van der Waals surface area contributed by atoms with Crippen LogP contribution in [-0.4, -0.2) is 22.8 Å². The third kappa shape index (κ3) is 5.77. The first-order valence-electron chi connectivity index (χ1n) is 5.97. The minimum atomic E-state index is -0.667. The van der Waals surface area contributed by atoms with Crippen LogP contribution in [0, 0.1) is 11.3 Å². The summed E-state index contributed by atoms with van der Waals surface area (Å²) >= 11 is 0. The van der Waals surface area contributed by atoms with Crippen LogP contribution in [0.15, 0.2) is 24.3 Å². The fourth-order valence-electron chi connectivity index (χ4n) is 1.45. The van der Waals surface area contributed by atoms with Gasteiger partial charge >= 0.3 is 6.09 Å². The molecule has 1 aromatic rings. The fourth-order valence-corrected chi connectivity index (χ4v) is 1.45. The van der Waals surface area contributed by atoms with E-state index in [1.165, 1.54) is 12.1 Å². The summed E-state index contributed by atoms with van der Waals surface area (Å²) in [7, 11) is 0. The number of phenolic OH excluding ortho intramolecular Hbond substituents is 1. The lowest BCUT2D eigenvalue weighted by molar-refractivity contribution is 0.0516. The Kier molecular flexibility index (Phi) is 4.76. The molecule has 0 bridgehead atoms. The molecule has 0 aliphatic carbocycles. The number of hydrogen-bond acceptors (Lipinski definition) is 4. The highest BCUT2D eigenvalue weighted by molar-refractivity contribution is 5.68. The number of alkyl carbamates (subject to hydrolysis) is 1. The van der Waals surface area contributed by atoms with Gasteiger partial charge in [0.25, 0.3) is 0 Å². The lowest BCUT2D eigenvalue weighted by Gasteiger charge is -2.21. The molecule has 1 atom stereocenters. The molecule has 2 N–H and O–H groups in total. The van der Waals surface area contributed by atoms with Crippen molar-refractivity contribution in [1.29, 1.82) is 5.26 Å². The molecule has 0 aliphatic heterocycles. The number of phenols is 1. The van der Waals surface area contributed by atoms with Gasteiger partial charge in [-0.05, 0) is 38.5 Å². The van der Waals surface area contributed by atoms with E-state index in [1.807, 2.05) is 6.07 Å². The molecule has 1 aromatic carbocycles. The van der Waals surface area contributed by atoms with Crippen molar-refractivity contribution in [2.24, 2.45) is 0 Å². The van der Waals surface area contributed by atoms with Crippen molar-refractivity contribution >= 4 is 6.09 Å². The van der Waals surface area contributed by atoms with Crippen LogP contribution in [0.5, 0.6) is 5.75 Å². The molecule has 5 nitrogen and oxygen atoms in total. The summed E-state index contributed by atoms with van der Waals surface area (Å²) in [6, 6.07) is 7.83. The zero-order valence-electron chi connectivity index (χ0n) is 11.3. The van der Waals surface area contributed by atoms with Crippen LogP contribution in [0.1, 0.15) is 26.3 Å². The number of benzene rings is 1. The molecule has 19 heavy (non-hydrogen) atoms. The first kappa shape index (κ1) is 14.8. The number of carbonyl (C=O) groups excluding carboxylic acids is 1. The normalized spacial score (nSPS) is 12.3. The molecule has 1 rings (SSSR count). The molecule has 0 saturated heterocycles. The average molecular weight is 262 g/mol. The van der Waals surface area contributed by atoms with Gasteiger partial charge in [0.15, 0.2) is 0 Å². The van der Waals surface area contributed by atoms with Gasteiger partial charge in [-0.1, -0.05) is 12.1 Å². The summed E-state index contributed by atoms with van der Waals surface area (Å²) in [6.07, 6.45) is -0.256. The van der Waals surface area contributed by atoms with Gasteiger partial charge in [0.2, 0.25) is 0 Å². The lowest BCUT2D eigenvalue weighted by atomic mass is 10.1. The number of amides is 1. The number of nitrogens with zero attached hydrogens (tertiary/aromatic N) is 1. The van der Waals surface area contributed by atoms with Crippen LogP contribution >= 0.6 is 0 Å². The standard InChI is InChI=1S/C14H18N2O3/c1-14(2,3)19-13(18)16-11(9-15)8-10-4-6-12(17)7-5-10/h4-7,11,17H,8H2,1-3H3,(H,16,18)/t11-/m1/s1. The van der Waals surface area contributed by atoms with Crippen LogP contribution < -0.4 is 5.32 Å². The van der Waals surface area contributed by atoms with E-state index in [2.05, 4.69) is 5.32 Å². The van der Waals surface area contributed by atoms with Gasteiger partial charge in [-0.15, -0.1) is 0 Å². The highest BCUT2D eigenvalue weighted by Gasteiger charge is 2.19. The second-order valence-corrected chi connectivity index (χ2v) is 5.20. The highest BCUT2D eigenvalue weighted by atomic mass is 16.6. The molecule has 102 valence electrons. The third-order valence-corrected chi connectivity index (χ3v) is 2.22. The van der Waals surface area contributed by atoms with Crippen molar-refractivity contribution in [2.75, 3.05) is 0 Å². The van der Waals surface area contributed by atoms with Crippen molar-refractivity contribution in [2.45, 2.75) is 38.8 Å². The summed E-state index contributed by atoms with van der Waals surface area (Å²) < 4.78 is 5.09. The van der Waals surface area contributed by atoms with E-state index >= 15 is 0 Å². The SMILES string of the molecule is CC(C)(C)OC(=O)N[C@@H](C#N)Cc1ccc(O)cc1. The molecular formula is C14H18N2O3. The molecule has 0 aliphatic rings. The van der Waals surface area contributed by atoms with E-state index in [0.717, 1.165) is 5.56 Å². The Morgan fingerprint density at radius 3 is 2.47 bits per heavy atom. The minimum Gasteiger partial charge on any atom is -0.508 e. The molecule has 0 unspecified atom stereocenters. The monoisotopic (exact) mass is 262 g/mol. The van der Waals surface area contributed by atoms with E-state index in [-0.39, 0.29) is 5.75 Å². The Morgan fingerprint density at radius 2 is 2.00 bits per heavy atom. The van der Waals surface area contributed by atoms with Crippen molar-refractivity contribution in [3.05, 3.63) is 29.8 Å². The minimum absolute atomic E-state index is 0.164. The van der Waals surface area contributed by atoms with Crippen molar-refractivity contribution < 1.29 is 14.6 Å². The van der Waals surface area contributed by atoms with E-state index in [9.17, 15) is 4.79 Å². The topological polar surface area (TPSA) is 82.3 Å². The van der Waals surface area contributed by atoms with E-state index in [1.54, 1.807) is 32.9 Å². The Balaban J connectivity index is 2.57. The summed E-state index contributed by atoms with van der Waals surface area (Å²) in [6.45, 7) is 5.27. The summed E-state index contributed by atoms with van der Waals surface area (Å²) in [5.41, 5.74) is 0.253. The molecule has 5 heteroatoms. The number of hydrogen-bond donors (Lipinski definition) is 2. The van der Waals surface area contributed by atoms with Gasteiger partial charge < -0.3 is 15.2 Å². The van der Waals surface area contributed by atoms with E-state index in [0.29, 0.717) is 6.42 Å². The molecule has 0 saturated carbocycles. The van der Waals surface area contributed by atoms with Crippen LogP contribution in [0.25, 0.3) is 0 Å². The van der Waals surface area contributed by atoms with Gasteiger partial charge in [-0.3, -0.25) is 0 Å². The maximum absolute atomic E-state index is 11.5. The second kappa shape index (κ2) is 6.10. The number of rotatable bonds is 3. The largest absolute Gasteiger partial charge is 0.508 e. The predicted octanol–water partition coefficient (Wildman–Crippen LogP) is 2.35. The summed E-state index contributed by atoms with van der Waals surface area (Å²) in [4.78, 5) is 11.5. The molecule has 0 radical (unpaired) electrons. The van der Waals surface area contributed by atoms with Crippen LogP contribution in [0.4, 0.5) is 4.79 Å². The predicted molar refractivity (Wildman–Crippen MR) is 70.6 cm³/mol. The maximum Gasteiger partial charge on any atom is 0.408 e. The van der Waals surface area contributed by atoms with Gasteiger partial charge in [0.1, 0.15) is 17.4 Å². The summed E-state index contributed by atoms with van der Waals surface area (Å²) in [5, 5.41) is 20.7. The van der Waals surface area contributed by atoms with Gasteiger partial charge in [-0.25, -0.2) is 4.79 Å². The lowest BCUT2D eigenvalue weighted by Crippen LogP contribution is -2.39. The first-order valence-corrected chi connectivity index (χ1v) is 5.97. The number of aromatic hydroxyl groups is 1. The Morgan fingerprint density at radius 1 is 1.42 bits per heavy atom. The number of carbonyl (C=O) groups is 1. The quantitative estimate of drug-likeness (QED) is 0.876. The smallest absolute Gasteiger partial charge is 0.408 e. The summed E-state index contributed by atoms with van der Waals surface area (Å²) in [5.74, 6) is 0.164. The van der Waals surface area contributed by atoms with Gasteiger partial charge in [0.05, 0.1) is 6.07 Å². The van der Waals surface area contributed by atoms with Crippen LogP contribution in [0.3, 0.4) is 0 Å². The first-order chi connectivity index (χ1) is 8.80. The second-order valence-electron chi connectivity index (χ2n) is 5.20.